The number of benzene rings is 3. The second-order valence-corrected chi connectivity index (χ2v) is 9.19. The summed E-state index contributed by atoms with van der Waals surface area (Å²) in [6.45, 7) is 1.53. The summed E-state index contributed by atoms with van der Waals surface area (Å²) in [5.41, 5.74) is 4.51. The normalized spacial score (nSPS) is 22.5. The number of nitriles is 1. The highest BCUT2D eigenvalue weighted by Gasteiger charge is 2.42. The van der Waals surface area contributed by atoms with Gasteiger partial charge in [-0.2, -0.15) is 5.26 Å². The zero-order valence-corrected chi connectivity index (χ0v) is 21.0. The molecule has 0 fully saturated rings. The fourth-order valence-corrected chi connectivity index (χ4v) is 4.43. The molecule has 3 aromatic rings. The fourth-order valence-electron chi connectivity index (χ4n) is 4.43. The molecule has 194 valence electrons. The van der Waals surface area contributed by atoms with Gasteiger partial charge in [0.15, 0.2) is 0 Å². The maximum atomic E-state index is 9.32. The first-order valence-electron chi connectivity index (χ1n) is 12.7. The molecule has 4 atom stereocenters. The first-order valence-corrected chi connectivity index (χ1v) is 12.7. The lowest BCUT2D eigenvalue weighted by atomic mass is 9.93. The van der Waals surface area contributed by atoms with Crippen molar-refractivity contribution in [2.75, 3.05) is 6.61 Å². The van der Waals surface area contributed by atoms with Gasteiger partial charge in [-0.1, -0.05) is 96.2 Å². The highest BCUT2D eigenvalue weighted by Crippen LogP contribution is 2.31. The molecule has 0 aromatic heterocycles. The Bertz CT molecular complexity index is 1260. The lowest BCUT2D eigenvalue weighted by molar-refractivity contribution is -0.149. The highest BCUT2D eigenvalue weighted by atomic mass is 16.6. The van der Waals surface area contributed by atoms with Crippen molar-refractivity contribution in [1.82, 2.24) is 0 Å². The van der Waals surface area contributed by atoms with Crippen LogP contribution in [-0.4, -0.2) is 36.7 Å². The van der Waals surface area contributed by atoms with Crippen molar-refractivity contribution in [3.8, 4) is 6.07 Å². The summed E-state index contributed by atoms with van der Waals surface area (Å²) < 4.78 is 25.2. The predicted octanol–water partition coefficient (Wildman–Crippen LogP) is 5.33. The molecule has 5 rings (SSSR count). The third-order valence-electron chi connectivity index (χ3n) is 6.44. The molecular formula is C31H30N2O5. The average Bonchev–Trinajstić information content (AvgIpc) is 3.46. The SMILES string of the molecule is N#C[C@H]1CC(C2=CO[C@H](COCc3ccccc3)[C@@H](OCc3ccccc3)[C@@H]2OCc2ccccc2)=NO1. The summed E-state index contributed by atoms with van der Waals surface area (Å²) in [5, 5.41) is 13.5. The van der Waals surface area contributed by atoms with Crippen molar-refractivity contribution >= 4 is 5.71 Å². The van der Waals surface area contributed by atoms with Gasteiger partial charge < -0.3 is 23.8 Å². The molecule has 0 radical (unpaired) electrons. The molecule has 2 heterocycles. The smallest absolute Gasteiger partial charge is 0.218 e. The van der Waals surface area contributed by atoms with Gasteiger partial charge in [-0.3, -0.25) is 0 Å². The molecule has 38 heavy (non-hydrogen) atoms. The van der Waals surface area contributed by atoms with E-state index in [1.165, 1.54) is 0 Å². The first kappa shape index (κ1) is 25.7. The minimum atomic E-state index is -0.628. The van der Waals surface area contributed by atoms with Crippen LogP contribution in [-0.2, 0) is 43.6 Å². The maximum absolute atomic E-state index is 9.32. The van der Waals surface area contributed by atoms with Crippen molar-refractivity contribution < 1.29 is 23.8 Å². The van der Waals surface area contributed by atoms with Gasteiger partial charge in [0, 0.05) is 12.0 Å². The molecule has 7 nitrogen and oxygen atoms in total. The molecule has 0 N–H and O–H groups in total. The third-order valence-corrected chi connectivity index (χ3v) is 6.44. The Morgan fingerprint density at radius 1 is 0.789 bits per heavy atom. The third kappa shape index (κ3) is 6.67. The second-order valence-electron chi connectivity index (χ2n) is 9.19. The van der Waals surface area contributed by atoms with Crippen LogP contribution >= 0.6 is 0 Å². The molecule has 3 aromatic carbocycles. The Balaban J connectivity index is 1.38. The summed E-state index contributed by atoms with van der Waals surface area (Å²) in [4.78, 5) is 5.29. The Morgan fingerprint density at radius 2 is 1.37 bits per heavy atom. The largest absolute Gasteiger partial charge is 0.492 e. The van der Waals surface area contributed by atoms with Crippen LogP contribution in [0.25, 0.3) is 0 Å². The molecule has 0 saturated carbocycles. The summed E-state index contributed by atoms with van der Waals surface area (Å²) in [7, 11) is 0. The molecule has 2 aliphatic heterocycles. The number of ether oxygens (including phenoxy) is 4. The quantitative estimate of drug-likeness (QED) is 0.347. The van der Waals surface area contributed by atoms with Gasteiger partial charge in [0.2, 0.25) is 6.10 Å². The van der Waals surface area contributed by atoms with E-state index >= 15 is 0 Å². The molecule has 2 aliphatic rings. The Kier molecular flexibility index (Phi) is 8.80. The van der Waals surface area contributed by atoms with Gasteiger partial charge in [0.1, 0.15) is 24.4 Å². The second kappa shape index (κ2) is 13.0. The topological polar surface area (TPSA) is 82.3 Å². The summed E-state index contributed by atoms with van der Waals surface area (Å²) in [6, 6.07) is 32.1. The van der Waals surface area contributed by atoms with E-state index in [4.69, 9.17) is 23.8 Å². The van der Waals surface area contributed by atoms with Crippen LogP contribution in [0.4, 0.5) is 0 Å². The number of rotatable bonds is 11. The van der Waals surface area contributed by atoms with Crippen LogP contribution in [0.5, 0.6) is 0 Å². The van der Waals surface area contributed by atoms with Crippen molar-refractivity contribution in [2.45, 2.75) is 50.7 Å². The number of hydrogen-bond acceptors (Lipinski definition) is 7. The first-order chi connectivity index (χ1) is 18.8. The molecule has 7 heteroatoms. The fraction of sp³-hybridized carbons (Fsp3) is 0.290. The van der Waals surface area contributed by atoms with Crippen LogP contribution < -0.4 is 0 Å². The molecule has 0 aliphatic carbocycles. The van der Waals surface area contributed by atoms with Crippen molar-refractivity contribution in [3.05, 3.63) is 120 Å². The number of hydrogen-bond donors (Lipinski definition) is 0. The van der Waals surface area contributed by atoms with E-state index in [-0.39, 0.29) is 0 Å². The lowest BCUT2D eigenvalue weighted by Crippen LogP contribution is -2.49. The van der Waals surface area contributed by atoms with Crippen LogP contribution in [0.15, 0.2) is 108 Å². The monoisotopic (exact) mass is 510 g/mol. The molecule has 0 amide bonds. The van der Waals surface area contributed by atoms with E-state index in [1.807, 2.05) is 91.0 Å². The lowest BCUT2D eigenvalue weighted by Gasteiger charge is -2.37. The predicted molar refractivity (Wildman–Crippen MR) is 142 cm³/mol. The van der Waals surface area contributed by atoms with Crippen molar-refractivity contribution in [2.24, 2.45) is 5.16 Å². The van der Waals surface area contributed by atoms with E-state index in [0.29, 0.717) is 38.6 Å². The van der Waals surface area contributed by atoms with Crippen LogP contribution in [0.3, 0.4) is 0 Å². The Labute approximate surface area is 222 Å². The van der Waals surface area contributed by atoms with E-state index in [1.54, 1.807) is 6.26 Å². The average molecular weight is 511 g/mol. The van der Waals surface area contributed by atoms with Gasteiger partial charge in [-0.25, -0.2) is 0 Å². The number of oxime groups is 1. The summed E-state index contributed by atoms with van der Waals surface area (Å²) in [6.07, 6.45) is -0.0113. The van der Waals surface area contributed by atoms with E-state index in [2.05, 4.69) is 11.2 Å². The standard InChI is InChI=1S/C31H30N2O5/c32-17-26-16-28(33-38-26)27-21-35-29(22-34-18-23-10-4-1-5-11-23)31(37-20-25-14-8-3-9-15-25)30(27)36-19-24-12-6-2-7-13-24/h1-15,21,26,29-31H,16,18-20,22H2/t26-,29-,30-,31-/m1/s1. The van der Waals surface area contributed by atoms with Crippen molar-refractivity contribution in [1.29, 1.82) is 5.26 Å². The molecular weight excluding hydrogens is 480 g/mol. The van der Waals surface area contributed by atoms with Crippen molar-refractivity contribution in [3.63, 3.8) is 0 Å². The van der Waals surface area contributed by atoms with Gasteiger partial charge in [-0.05, 0) is 16.7 Å². The van der Waals surface area contributed by atoms with Gasteiger partial charge in [-0.15, -0.1) is 0 Å². The van der Waals surface area contributed by atoms with Crippen LogP contribution in [0.1, 0.15) is 23.1 Å². The molecule has 0 spiro atoms. The summed E-state index contributed by atoms with van der Waals surface area (Å²) >= 11 is 0. The van der Waals surface area contributed by atoms with Gasteiger partial charge >= 0.3 is 0 Å². The van der Waals surface area contributed by atoms with Gasteiger partial charge in [0.25, 0.3) is 0 Å². The van der Waals surface area contributed by atoms with Crippen LogP contribution in [0, 0.1) is 11.3 Å². The maximum Gasteiger partial charge on any atom is 0.218 e. The summed E-state index contributed by atoms with van der Waals surface area (Å²) in [5.74, 6) is 0. The van der Waals surface area contributed by atoms with E-state index in [9.17, 15) is 5.26 Å². The highest BCUT2D eigenvalue weighted by molar-refractivity contribution is 6.02. The Hall–Kier alpha value is -3.96. The van der Waals surface area contributed by atoms with Crippen LogP contribution in [0.2, 0.25) is 0 Å². The van der Waals surface area contributed by atoms with Gasteiger partial charge in [0.05, 0.1) is 38.4 Å². The number of nitrogens with zero attached hydrogens (tertiary/aromatic N) is 2. The molecule has 0 saturated heterocycles. The minimum Gasteiger partial charge on any atom is -0.492 e. The van der Waals surface area contributed by atoms with E-state index in [0.717, 1.165) is 22.3 Å². The molecule has 0 bridgehead atoms. The zero-order chi connectivity index (χ0) is 26.0. The Morgan fingerprint density at radius 3 is 1.95 bits per heavy atom. The minimum absolute atomic E-state index is 0.313. The molecule has 0 unspecified atom stereocenters. The zero-order valence-electron chi connectivity index (χ0n) is 21.0. The van der Waals surface area contributed by atoms with E-state index < -0.39 is 24.4 Å².